The maximum atomic E-state index is 13.7. The number of aryl methyl sites for hydroxylation is 1. The van der Waals surface area contributed by atoms with Crippen molar-refractivity contribution in [3.8, 4) is 5.75 Å². The van der Waals surface area contributed by atoms with E-state index in [1.54, 1.807) is 38.3 Å². The van der Waals surface area contributed by atoms with Crippen molar-refractivity contribution < 1.29 is 18.7 Å². The normalized spacial score (nSPS) is 10.4. The Morgan fingerprint density at radius 1 is 1.18 bits per heavy atom. The van der Waals surface area contributed by atoms with Crippen LogP contribution in [-0.4, -0.2) is 23.9 Å². The number of amides is 2. The number of primary amides is 1. The van der Waals surface area contributed by atoms with Crippen LogP contribution in [0.1, 0.15) is 26.4 Å². The maximum Gasteiger partial charge on any atom is 0.270 e. The largest absolute Gasteiger partial charge is 0.497 e. The Labute approximate surface area is 164 Å². The Bertz CT molecular complexity index is 1030. The molecule has 0 unspecified atom stereocenters. The first kappa shape index (κ1) is 19.3. The van der Waals surface area contributed by atoms with Crippen molar-refractivity contribution in [2.24, 2.45) is 5.73 Å². The third-order valence-electron chi connectivity index (χ3n) is 3.86. The number of nitrogens with two attached hydrogens (primary N) is 1. The number of carbonyl (C=O) groups excluding carboxylic acids is 2. The number of ether oxygens (including phenoxy) is 1. The zero-order chi connectivity index (χ0) is 20.3. The highest BCUT2D eigenvalue weighted by molar-refractivity contribution is 7.20. The number of methoxy groups -OCH3 is 1. The molecular formula is C19H17FN4O3S. The van der Waals surface area contributed by atoms with E-state index in [0.717, 1.165) is 17.4 Å². The minimum atomic E-state index is -0.788. The van der Waals surface area contributed by atoms with Gasteiger partial charge in [-0.05, 0) is 48.9 Å². The Morgan fingerprint density at radius 2 is 1.89 bits per heavy atom. The van der Waals surface area contributed by atoms with E-state index in [1.807, 2.05) is 0 Å². The first-order valence-electron chi connectivity index (χ1n) is 8.16. The molecule has 0 aliphatic heterocycles. The van der Waals surface area contributed by atoms with Crippen molar-refractivity contribution in [1.82, 2.24) is 4.98 Å². The molecule has 7 nitrogen and oxygen atoms in total. The fourth-order valence-electron chi connectivity index (χ4n) is 2.33. The van der Waals surface area contributed by atoms with Gasteiger partial charge in [-0.1, -0.05) is 17.4 Å². The lowest BCUT2D eigenvalue weighted by Crippen LogP contribution is -2.17. The van der Waals surface area contributed by atoms with Crippen LogP contribution in [0.15, 0.2) is 42.5 Å². The predicted molar refractivity (Wildman–Crippen MR) is 106 cm³/mol. The molecule has 28 heavy (non-hydrogen) atoms. The molecule has 9 heteroatoms. The zero-order valence-corrected chi connectivity index (χ0v) is 15.9. The molecule has 0 aliphatic carbocycles. The zero-order valence-electron chi connectivity index (χ0n) is 15.1. The van der Waals surface area contributed by atoms with Crippen LogP contribution in [0.5, 0.6) is 5.75 Å². The quantitative estimate of drug-likeness (QED) is 0.585. The van der Waals surface area contributed by atoms with E-state index in [1.165, 1.54) is 12.1 Å². The molecule has 4 N–H and O–H groups in total. The summed E-state index contributed by atoms with van der Waals surface area (Å²) in [7, 11) is 1.57. The highest BCUT2D eigenvalue weighted by atomic mass is 32.1. The van der Waals surface area contributed by atoms with Crippen molar-refractivity contribution in [1.29, 1.82) is 0 Å². The van der Waals surface area contributed by atoms with Crippen LogP contribution in [0.3, 0.4) is 0 Å². The van der Waals surface area contributed by atoms with Gasteiger partial charge >= 0.3 is 0 Å². The van der Waals surface area contributed by atoms with Crippen molar-refractivity contribution >= 4 is 39.0 Å². The molecule has 1 heterocycles. The molecule has 144 valence electrons. The van der Waals surface area contributed by atoms with Crippen molar-refractivity contribution in [3.63, 3.8) is 0 Å². The molecule has 2 aromatic carbocycles. The number of rotatable bonds is 6. The molecule has 0 saturated carbocycles. The third kappa shape index (κ3) is 4.26. The Kier molecular flexibility index (Phi) is 5.55. The first-order chi connectivity index (χ1) is 13.4. The van der Waals surface area contributed by atoms with E-state index < -0.39 is 17.6 Å². The predicted octanol–water partition coefficient (Wildman–Crippen LogP) is 3.69. The number of hydrogen-bond donors (Lipinski definition) is 3. The number of nitrogens with zero attached hydrogens (tertiary/aromatic N) is 1. The fourth-order valence-corrected chi connectivity index (χ4v) is 3.22. The standard InChI is InChI=1S/C19H17FN4O3S/c1-10-3-4-11(9-14(10)20)17(26)24-18-15(16(21)25)23-19(28-18)22-12-5-7-13(27-2)8-6-12/h3-9H,1-2H3,(H2,21,25)(H,22,23)(H,24,26). The average Bonchev–Trinajstić information content (AvgIpc) is 3.07. The van der Waals surface area contributed by atoms with Gasteiger partial charge in [-0.25, -0.2) is 9.37 Å². The van der Waals surface area contributed by atoms with Gasteiger partial charge in [0.2, 0.25) is 0 Å². The number of aromatic nitrogens is 1. The van der Waals surface area contributed by atoms with Gasteiger partial charge < -0.3 is 21.1 Å². The van der Waals surface area contributed by atoms with Gasteiger partial charge in [0.1, 0.15) is 16.6 Å². The number of halogens is 1. The van der Waals surface area contributed by atoms with Gasteiger partial charge in [-0.3, -0.25) is 9.59 Å². The van der Waals surface area contributed by atoms with E-state index in [2.05, 4.69) is 15.6 Å². The Hall–Kier alpha value is -3.46. The number of hydrogen-bond acceptors (Lipinski definition) is 6. The van der Waals surface area contributed by atoms with Crippen LogP contribution in [0.2, 0.25) is 0 Å². The van der Waals surface area contributed by atoms with Crippen molar-refractivity contribution in [2.45, 2.75) is 6.92 Å². The highest BCUT2D eigenvalue weighted by Crippen LogP contribution is 2.31. The van der Waals surface area contributed by atoms with Gasteiger partial charge in [-0.2, -0.15) is 0 Å². The summed E-state index contributed by atoms with van der Waals surface area (Å²) in [5.74, 6) is -1.15. The SMILES string of the molecule is COc1ccc(Nc2nc(C(N)=O)c(NC(=O)c3ccc(C)c(F)c3)s2)cc1. The molecule has 0 atom stereocenters. The first-order valence-corrected chi connectivity index (χ1v) is 8.98. The summed E-state index contributed by atoms with van der Waals surface area (Å²) in [6.45, 7) is 1.60. The summed E-state index contributed by atoms with van der Waals surface area (Å²) in [6.07, 6.45) is 0. The summed E-state index contributed by atoms with van der Waals surface area (Å²) in [5, 5.41) is 6.14. The second-order valence-corrected chi connectivity index (χ2v) is 6.83. The van der Waals surface area contributed by atoms with Crippen LogP contribution < -0.4 is 21.1 Å². The van der Waals surface area contributed by atoms with E-state index >= 15 is 0 Å². The van der Waals surface area contributed by atoms with Gasteiger partial charge in [-0.15, -0.1) is 0 Å². The van der Waals surface area contributed by atoms with Gasteiger partial charge in [0, 0.05) is 11.3 Å². The number of carbonyl (C=O) groups is 2. The van der Waals surface area contributed by atoms with Crippen LogP contribution in [0.25, 0.3) is 0 Å². The molecule has 1 aromatic heterocycles. The van der Waals surface area contributed by atoms with Crippen molar-refractivity contribution in [2.75, 3.05) is 17.7 Å². The van der Waals surface area contributed by atoms with Gasteiger partial charge in [0.05, 0.1) is 7.11 Å². The smallest absolute Gasteiger partial charge is 0.270 e. The number of benzene rings is 2. The summed E-state index contributed by atoms with van der Waals surface area (Å²) in [6, 6.07) is 11.2. The number of nitrogens with one attached hydrogen (secondary N) is 2. The minimum absolute atomic E-state index is 0.0815. The molecular weight excluding hydrogens is 383 g/mol. The summed E-state index contributed by atoms with van der Waals surface area (Å²) in [5.41, 5.74) is 6.55. The van der Waals surface area contributed by atoms with Gasteiger partial charge in [0.25, 0.3) is 11.8 Å². The fraction of sp³-hybridized carbons (Fsp3) is 0.105. The molecule has 0 bridgehead atoms. The molecule has 2 amide bonds. The molecule has 0 spiro atoms. The number of anilines is 3. The molecule has 0 aliphatic rings. The highest BCUT2D eigenvalue weighted by Gasteiger charge is 2.19. The lowest BCUT2D eigenvalue weighted by atomic mass is 10.1. The lowest BCUT2D eigenvalue weighted by Gasteiger charge is -2.05. The Morgan fingerprint density at radius 3 is 2.50 bits per heavy atom. The van der Waals surface area contributed by atoms with Crippen molar-refractivity contribution in [3.05, 3.63) is 65.1 Å². The minimum Gasteiger partial charge on any atom is -0.497 e. The number of thiazole rings is 1. The summed E-state index contributed by atoms with van der Waals surface area (Å²) in [4.78, 5) is 28.2. The van der Waals surface area contributed by atoms with Crippen LogP contribution in [0, 0.1) is 12.7 Å². The van der Waals surface area contributed by atoms with Crippen LogP contribution in [0.4, 0.5) is 20.2 Å². The second kappa shape index (κ2) is 8.05. The van der Waals surface area contributed by atoms with E-state index in [4.69, 9.17) is 10.5 Å². The monoisotopic (exact) mass is 400 g/mol. The maximum absolute atomic E-state index is 13.7. The van der Waals surface area contributed by atoms with E-state index in [9.17, 15) is 14.0 Å². The molecule has 0 fully saturated rings. The average molecular weight is 400 g/mol. The molecule has 0 radical (unpaired) electrons. The van der Waals surface area contributed by atoms with E-state index in [-0.39, 0.29) is 16.3 Å². The summed E-state index contributed by atoms with van der Waals surface area (Å²) < 4.78 is 18.8. The van der Waals surface area contributed by atoms with Gasteiger partial charge in [0.15, 0.2) is 10.8 Å². The lowest BCUT2D eigenvalue weighted by molar-refractivity contribution is 0.0997. The topological polar surface area (TPSA) is 106 Å². The molecule has 0 saturated heterocycles. The summed E-state index contributed by atoms with van der Waals surface area (Å²) >= 11 is 1.04. The Balaban J connectivity index is 1.82. The molecule has 3 aromatic rings. The van der Waals surface area contributed by atoms with Crippen LogP contribution in [-0.2, 0) is 0 Å². The van der Waals surface area contributed by atoms with E-state index in [0.29, 0.717) is 22.1 Å². The third-order valence-corrected chi connectivity index (χ3v) is 4.75. The van der Waals surface area contributed by atoms with Crippen LogP contribution >= 0.6 is 11.3 Å². The second-order valence-electron chi connectivity index (χ2n) is 5.83. The molecule has 3 rings (SSSR count).